The van der Waals surface area contributed by atoms with Crippen LogP contribution >= 0.6 is 28.3 Å². The van der Waals surface area contributed by atoms with E-state index in [4.69, 9.17) is 69.3 Å². The van der Waals surface area contributed by atoms with Gasteiger partial charge in [-0.2, -0.15) is 0 Å². The number of fused-ring (bicyclic) bond motifs is 3. The minimum absolute atomic E-state index is 0. The minimum atomic E-state index is -1.39. The first kappa shape index (κ1) is 78.0. The maximum atomic E-state index is 11.9. The van der Waals surface area contributed by atoms with Crippen molar-refractivity contribution in [2.45, 2.75) is 72.6 Å². The number of carbonyl (C=O) groups excluding carboxylic acids is 2. The van der Waals surface area contributed by atoms with Gasteiger partial charge in [0.15, 0.2) is 0 Å². The number of carboxylic acids is 1. The van der Waals surface area contributed by atoms with Gasteiger partial charge in [-0.15, -0.1) is 12.4 Å². The van der Waals surface area contributed by atoms with Crippen molar-refractivity contribution in [3.05, 3.63) is 274 Å². The second kappa shape index (κ2) is 39.4. The zero-order chi connectivity index (χ0) is 67.1. The smallest absolute Gasteiger partial charge is 0.870 e. The summed E-state index contributed by atoms with van der Waals surface area (Å²) in [6.07, 6.45) is 5.35. The van der Waals surface area contributed by atoms with E-state index < -0.39 is 13.1 Å². The number of hydrogen-bond donors (Lipinski definition) is 6. The first-order chi connectivity index (χ1) is 46.2. The summed E-state index contributed by atoms with van der Waals surface area (Å²) in [6.45, 7) is 6.91. The molecule has 3 heterocycles. The zero-order valence-corrected chi connectivity index (χ0v) is 58.8. The van der Waals surface area contributed by atoms with Gasteiger partial charge < -0.3 is 74.8 Å². The molecule has 12 aromatic rings. The summed E-state index contributed by atoms with van der Waals surface area (Å²) in [5.41, 5.74) is 32.2. The van der Waals surface area contributed by atoms with Gasteiger partial charge in [0, 0.05) is 63.6 Å². The van der Waals surface area contributed by atoms with Crippen LogP contribution in [0.4, 0.5) is 0 Å². The Hall–Kier alpha value is -9.00. The average molecular weight is 1420 g/mol. The van der Waals surface area contributed by atoms with Crippen molar-refractivity contribution in [1.29, 1.82) is 0 Å². The number of ether oxygens (including phenoxy) is 5. The SMILES string of the molecule is CCOC(=O)Cc1ccccc1OCc1cc(-c2ccc(CN)cc2)c2occc2c1.CCOC(=O)Cc1ccccc1OCc1cc(Br)c2occc2c1.Cl.NCc1ccc(-c2cc(COc3ccccc3CC(=O)O)cc3ccoc23)cc1.NCc1ccc(B(O)O)cc1.[Na+].[OH-]. The van der Waals surface area contributed by atoms with Crippen LogP contribution in [0.1, 0.15) is 63.9 Å². The molecule has 18 nitrogen and oxygen atoms in total. The van der Waals surface area contributed by atoms with E-state index in [9.17, 15) is 14.4 Å². The number of furan rings is 3. The normalized spacial score (nSPS) is 10.4. The summed E-state index contributed by atoms with van der Waals surface area (Å²) in [6, 6.07) is 63.4. The summed E-state index contributed by atoms with van der Waals surface area (Å²) >= 11 is 3.51. The standard InChI is InChI=1S/C26H25NO4.C24H21NO4.C19H17BrO4.C7H10BNO2.ClH.Na.H2O/c1-2-29-25(28)15-21-5-3-4-6-24(21)31-17-19-13-22-11-12-30-26(22)23(14-19)20-9-7-18(16-27)8-10-20;25-14-16-5-7-18(8-6-16)21-12-17(11-20-9-10-28-24(20)21)15-29-22-4-2-1-3-19(22)13-23(26)27;1-2-22-18(21)11-14-5-3-4-6-17(14)24-12-13-9-15-7-8-23-19(15)16(20)10-13;9-5-6-1-3-7(4-2-6)8(10)11;;;/h3-14H,2,15-17,27H2,1H3;1-12H,13-15,25H2,(H,26,27);3-10H,2,11-12H2,1H3;1-4,10-11H,5,9H2;1H;;1H2/q;;;;;+1;/p-1. The Labute approximate surface area is 604 Å². The largest absolute Gasteiger partial charge is 1.00 e. The van der Waals surface area contributed by atoms with Crippen LogP contribution in [0.2, 0.25) is 0 Å². The number of rotatable bonds is 23. The first-order valence-electron chi connectivity index (χ1n) is 30.8. The zero-order valence-electron chi connectivity index (χ0n) is 54.4. The number of para-hydroxylation sites is 3. The van der Waals surface area contributed by atoms with Crippen LogP contribution in [0.3, 0.4) is 0 Å². The van der Waals surface area contributed by atoms with E-state index in [1.165, 1.54) is 0 Å². The van der Waals surface area contributed by atoms with Crippen molar-refractivity contribution < 1.29 is 102 Å². The van der Waals surface area contributed by atoms with Gasteiger partial charge in [-0.05, 0) is 153 Å². The van der Waals surface area contributed by atoms with Crippen molar-refractivity contribution >= 4 is 91.7 Å². The van der Waals surface area contributed by atoms with E-state index in [1.807, 2.05) is 140 Å². The molecule has 3 aromatic heterocycles. The Morgan fingerprint density at radius 3 is 1.14 bits per heavy atom. The van der Waals surface area contributed by atoms with Crippen molar-refractivity contribution in [2.24, 2.45) is 17.2 Å². The molecule has 0 bridgehead atoms. The molecule has 0 aliphatic rings. The quantitative estimate of drug-likeness (QED) is 0.0256. The Morgan fingerprint density at radius 2 is 0.786 bits per heavy atom. The summed E-state index contributed by atoms with van der Waals surface area (Å²) in [4.78, 5) is 34.7. The molecule has 10 N–H and O–H groups in total. The van der Waals surface area contributed by atoms with Gasteiger partial charge in [-0.25, -0.2) is 0 Å². The van der Waals surface area contributed by atoms with E-state index >= 15 is 0 Å². The third-order valence-corrected chi connectivity index (χ3v) is 15.6. The van der Waals surface area contributed by atoms with Gasteiger partial charge >= 0.3 is 54.6 Å². The van der Waals surface area contributed by atoms with Gasteiger partial charge in [0.05, 0.1) is 55.7 Å². The number of aliphatic carboxylic acids is 1. The minimum Gasteiger partial charge on any atom is -0.870 e. The molecule has 0 unspecified atom stereocenters. The number of halogens is 2. The molecule has 0 fully saturated rings. The number of benzene rings is 9. The number of esters is 2. The average Bonchev–Trinajstić information content (AvgIpc) is 1.44. The summed E-state index contributed by atoms with van der Waals surface area (Å²) in [5, 5.41) is 29.5. The Morgan fingerprint density at radius 1 is 0.449 bits per heavy atom. The number of carboxylic acid groups (broad SMARTS) is 1. The molecular weight excluding hydrogens is 1340 g/mol. The van der Waals surface area contributed by atoms with Gasteiger partial charge in [-0.1, -0.05) is 127 Å². The van der Waals surface area contributed by atoms with Crippen molar-refractivity contribution in [3.63, 3.8) is 0 Å². The molecule has 0 saturated heterocycles. The van der Waals surface area contributed by atoms with Gasteiger partial charge in [0.1, 0.15) is 53.8 Å². The fourth-order valence-electron chi connectivity index (χ4n) is 10.3. The molecule has 0 aliphatic carbocycles. The third kappa shape index (κ3) is 22.0. The van der Waals surface area contributed by atoms with Crippen molar-refractivity contribution in [3.8, 4) is 39.5 Å². The molecular formula is C76H75BBrClN3NaO15. The van der Waals surface area contributed by atoms with Gasteiger partial charge in [-0.3, -0.25) is 14.4 Å². The summed E-state index contributed by atoms with van der Waals surface area (Å²) < 4.78 is 45.8. The van der Waals surface area contributed by atoms with Gasteiger partial charge in [0.2, 0.25) is 0 Å². The Bertz CT molecular complexity index is 4490. The number of nitrogens with two attached hydrogens (primary N) is 3. The van der Waals surface area contributed by atoms with E-state index in [0.717, 1.165) is 104 Å². The molecule has 98 heavy (non-hydrogen) atoms. The van der Waals surface area contributed by atoms with Crippen molar-refractivity contribution in [2.75, 3.05) is 13.2 Å². The Kier molecular flexibility index (Phi) is 31.4. The predicted molar refractivity (Wildman–Crippen MR) is 381 cm³/mol. The maximum Gasteiger partial charge on any atom is 1.00 e. The predicted octanol–water partition coefficient (Wildman–Crippen LogP) is 11.0. The molecule has 0 amide bonds. The van der Waals surface area contributed by atoms with Crippen LogP contribution in [-0.4, -0.2) is 58.9 Å². The summed E-state index contributed by atoms with van der Waals surface area (Å²) in [5.74, 6) is 0.545. The molecule has 0 saturated carbocycles. The maximum absolute atomic E-state index is 11.9. The molecule has 9 aromatic carbocycles. The van der Waals surface area contributed by atoms with Crippen LogP contribution in [0, 0.1) is 0 Å². The molecule has 0 radical (unpaired) electrons. The Balaban J connectivity index is 0.000000213. The van der Waals surface area contributed by atoms with Crippen LogP contribution in [0.25, 0.3) is 55.2 Å². The molecule has 12 rings (SSSR count). The van der Waals surface area contributed by atoms with Crippen LogP contribution < -0.4 is 66.4 Å². The topological polar surface area (TPSA) is 306 Å². The number of carbonyl (C=O) groups is 3. The summed E-state index contributed by atoms with van der Waals surface area (Å²) in [7, 11) is -1.39. The molecule has 22 heteroatoms. The van der Waals surface area contributed by atoms with Gasteiger partial charge in [0.25, 0.3) is 0 Å². The molecule has 0 atom stereocenters. The fraction of sp³-hybridized carbons (Fsp3) is 0.171. The van der Waals surface area contributed by atoms with E-state index in [0.29, 0.717) is 80.9 Å². The second-order valence-corrected chi connectivity index (χ2v) is 22.6. The van der Waals surface area contributed by atoms with Crippen LogP contribution in [0.15, 0.2) is 237 Å². The molecule has 0 spiro atoms. The number of hydrogen-bond acceptors (Lipinski definition) is 17. The van der Waals surface area contributed by atoms with Crippen LogP contribution in [-0.2, 0) is 82.6 Å². The first-order valence-corrected chi connectivity index (χ1v) is 31.6. The third-order valence-electron chi connectivity index (χ3n) is 15.0. The fourth-order valence-corrected chi connectivity index (χ4v) is 10.9. The van der Waals surface area contributed by atoms with E-state index in [1.54, 1.807) is 69.0 Å². The monoisotopic (exact) mass is 1420 g/mol. The van der Waals surface area contributed by atoms with E-state index in [-0.39, 0.29) is 78.6 Å². The second-order valence-electron chi connectivity index (χ2n) is 21.7. The molecule has 502 valence electrons. The van der Waals surface area contributed by atoms with E-state index in [2.05, 4.69) is 40.2 Å². The van der Waals surface area contributed by atoms with Crippen LogP contribution in [0.5, 0.6) is 17.2 Å². The molecule has 0 aliphatic heterocycles. The van der Waals surface area contributed by atoms with Crippen molar-refractivity contribution in [1.82, 2.24) is 0 Å².